The van der Waals surface area contributed by atoms with Crippen molar-refractivity contribution >= 4 is 36.7 Å². The van der Waals surface area contributed by atoms with Gasteiger partial charge >= 0.3 is 6.09 Å². The van der Waals surface area contributed by atoms with Crippen LogP contribution in [-0.2, 0) is 20.9 Å². The number of carbonyl (C=O) groups is 1. The van der Waals surface area contributed by atoms with Gasteiger partial charge in [0.1, 0.15) is 0 Å². The molecule has 0 saturated carbocycles. The van der Waals surface area contributed by atoms with Crippen molar-refractivity contribution < 1.29 is 23.3 Å². The molecule has 0 spiro atoms. The van der Waals surface area contributed by atoms with E-state index < -0.39 is 12.7 Å². The maximum atomic E-state index is 12.6. The number of benzene rings is 1. The molecule has 7 nitrogen and oxygen atoms in total. The summed E-state index contributed by atoms with van der Waals surface area (Å²) in [5, 5.41) is 0. The van der Waals surface area contributed by atoms with E-state index in [9.17, 15) is 4.79 Å². The van der Waals surface area contributed by atoms with Crippen LogP contribution in [0.25, 0.3) is 0 Å². The lowest BCUT2D eigenvalue weighted by Crippen LogP contribution is -2.29. The van der Waals surface area contributed by atoms with E-state index in [4.69, 9.17) is 30.3 Å². The summed E-state index contributed by atoms with van der Waals surface area (Å²) in [7, 11) is 1.62. The average molecular weight is 451 g/mol. The Morgan fingerprint density at radius 2 is 1.71 bits per heavy atom. The number of carbonyl (C=O) groups excluding carboxylic acids is 1. The highest BCUT2D eigenvalue weighted by Gasteiger charge is 2.31. The molecule has 0 radical (unpaired) electrons. The highest BCUT2D eigenvalue weighted by Crippen LogP contribution is 2.56. The van der Waals surface area contributed by atoms with E-state index in [2.05, 4.69) is 0 Å². The lowest BCUT2D eigenvalue weighted by molar-refractivity contribution is 0.179. The van der Waals surface area contributed by atoms with Gasteiger partial charge in [-0.2, -0.15) is 4.08 Å². The molecule has 0 heterocycles. The third-order valence-electron chi connectivity index (χ3n) is 3.16. The van der Waals surface area contributed by atoms with Gasteiger partial charge in [-0.25, -0.2) is 9.10 Å². The Labute approximate surface area is 178 Å². The minimum Gasteiger partial charge on any atom is -0.487 e. The first kappa shape index (κ1) is 25.2. The van der Waals surface area contributed by atoms with Crippen LogP contribution in [0.2, 0.25) is 0 Å². The van der Waals surface area contributed by atoms with Gasteiger partial charge in [-0.05, 0) is 58.1 Å². The van der Waals surface area contributed by atoms with Crippen LogP contribution in [0, 0.1) is 0 Å². The fourth-order valence-corrected chi connectivity index (χ4v) is 6.31. The lowest BCUT2D eigenvalue weighted by atomic mass is 10.3. The van der Waals surface area contributed by atoms with Crippen molar-refractivity contribution in [3.63, 3.8) is 0 Å². The Bertz CT molecular complexity index is 653. The number of hydrogen-bond donors (Lipinski definition) is 0. The van der Waals surface area contributed by atoms with Crippen molar-refractivity contribution in [3.8, 4) is 11.5 Å². The maximum Gasteiger partial charge on any atom is 0.426 e. The van der Waals surface area contributed by atoms with Crippen LogP contribution in [0.4, 0.5) is 4.79 Å². The number of amides is 1. The van der Waals surface area contributed by atoms with Gasteiger partial charge in [0.2, 0.25) is 0 Å². The lowest BCUT2D eigenvalue weighted by Gasteiger charge is -2.33. The molecule has 0 aliphatic heterocycles. The highest BCUT2D eigenvalue weighted by molar-refractivity contribution is 8.15. The molecule has 0 saturated heterocycles. The van der Waals surface area contributed by atoms with Crippen LogP contribution in [0.1, 0.15) is 41.0 Å². The van der Waals surface area contributed by atoms with Gasteiger partial charge in [-0.1, -0.05) is 19.1 Å². The van der Waals surface area contributed by atoms with Crippen LogP contribution in [0.15, 0.2) is 24.3 Å². The maximum absolute atomic E-state index is 12.6. The second kappa shape index (κ2) is 12.7. The zero-order chi connectivity index (χ0) is 21.2. The predicted octanol–water partition coefficient (Wildman–Crippen LogP) is 5.48. The van der Waals surface area contributed by atoms with Gasteiger partial charge in [0.25, 0.3) is 6.64 Å². The molecule has 1 aromatic carbocycles. The Morgan fingerprint density at radius 3 is 2.21 bits per heavy atom. The molecular formula is C18H31N2O5PS2. The van der Waals surface area contributed by atoms with Gasteiger partial charge in [-0.3, -0.25) is 0 Å². The average Bonchev–Trinajstić information content (AvgIpc) is 2.62. The topological polar surface area (TPSA) is 60.5 Å². The van der Waals surface area contributed by atoms with E-state index in [1.165, 1.54) is 4.31 Å². The summed E-state index contributed by atoms with van der Waals surface area (Å²) in [6.07, 6.45) is 0.259. The van der Waals surface area contributed by atoms with Gasteiger partial charge in [0, 0.05) is 13.6 Å². The van der Waals surface area contributed by atoms with E-state index in [0.29, 0.717) is 31.3 Å². The smallest absolute Gasteiger partial charge is 0.426 e. The predicted molar refractivity (Wildman–Crippen MR) is 118 cm³/mol. The Hall–Kier alpha value is -0.830. The molecule has 1 rings (SSSR count). The van der Waals surface area contributed by atoms with Gasteiger partial charge in [-0.15, -0.1) is 0 Å². The summed E-state index contributed by atoms with van der Waals surface area (Å²) >= 11 is 6.81. The summed E-state index contributed by atoms with van der Waals surface area (Å²) < 4.78 is 25.9. The first-order valence-electron chi connectivity index (χ1n) is 9.33. The zero-order valence-electron chi connectivity index (χ0n) is 17.4. The third kappa shape index (κ3) is 7.89. The summed E-state index contributed by atoms with van der Waals surface area (Å²) in [5.74, 6) is 0.883. The number of nitrogens with zero attached hydrogens (tertiary/aromatic N) is 2. The second-order valence-corrected chi connectivity index (χ2v) is 10.7. The molecule has 0 atom stereocenters. The largest absolute Gasteiger partial charge is 0.487 e. The number of ether oxygens (including phenoxy) is 2. The fraction of sp³-hybridized carbons (Fsp3) is 0.611. The summed E-state index contributed by atoms with van der Waals surface area (Å²) in [6.45, 7) is 8.40. The molecule has 0 fully saturated rings. The van der Waals surface area contributed by atoms with Crippen LogP contribution >= 0.6 is 18.8 Å². The van der Waals surface area contributed by atoms with Crippen molar-refractivity contribution in [2.75, 3.05) is 26.8 Å². The second-order valence-electron chi connectivity index (χ2n) is 5.94. The van der Waals surface area contributed by atoms with Crippen LogP contribution in [-0.4, -0.2) is 47.4 Å². The molecule has 0 bridgehead atoms. The number of hydrogen-bond acceptors (Lipinski definition) is 7. The van der Waals surface area contributed by atoms with Crippen LogP contribution in [0.3, 0.4) is 0 Å². The highest BCUT2D eigenvalue weighted by atomic mass is 32.5. The Balaban J connectivity index is 2.90. The Morgan fingerprint density at radius 1 is 1.14 bits per heavy atom. The van der Waals surface area contributed by atoms with Crippen molar-refractivity contribution in [2.24, 2.45) is 0 Å². The molecule has 160 valence electrons. The van der Waals surface area contributed by atoms with Gasteiger partial charge < -0.3 is 18.5 Å². The van der Waals surface area contributed by atoms with E-state index in [1.807, 2.05) is 44.8 Å². The normalized spacial score (nSPS) is 11.7. The van der Waals surface area contributed by atoms with Crippen molar-refractivity contribution in [3.05, 3.63) is 24.3 Å². The fourth-order valence-electron chi connectivity index (χ4n) is 2.11. The SMILES string of the molecule is CCCN(SN(C)C(=O)Oc1ccccc1OC(C)C)P(=S)(OCC)OCC. The molecule has 0 aromatic heterocycles. The minimum atomic E-state index is -2.69. The van der Waals surface area contributed by atoms with Crippen LogP contribution in [0.5, 0.6) is 11.5 Å². The number of para-hydroxylation sites is 2. The molecule has 28 heavy (non-hydrogen) atoms. The summed E-state index contributed by atoms with van der Waals surface area (Å²) in [4.78, 5) is 12.6. The van der Waals surface area contributed by atoms with E-state index in [1.54, 1.807) is 25.2 Å². The third-order valence-corrected chi connectivity index (χ3v) is 8.23. The number of rotatable bonds is 12. The van der Waals surface area contributed by atoms with E-state index >= 15 is 0 Å². The first-order valence-corrected chi connectivity index (χ1v) is 12.7. The van der Waals surface area contributed by atoms with Gasteiger partial charge in [0.05, 0.1) is 31.5 Å². The minimum absolute atomic E-state index is 0.0324. The molecule has 0 unspecified atom stereocenters. The monoisotopic (exact) mass is 450 g/mol. The Kier molecular flexibility index (Phi) is 11.4. The molecule has 1 amide bonds. The molecular weight excluding hydrogens is 419 g/mol. The van der Waals surface area contributed by atoms with Crippen molar-refractivity contribution in [2.45, 2.75) is 47.1 Å². The zero-order valence-corrected chi connectivity index (χ0v) is 19.9. The first-order chi connectivity index (χ1) is 13.3. The van der Waals surface area contributed by atoms with E-state index in [0.717, 1.165) is 18.6 Å². The van der Waals surface area contributed by atoms with Gasteiger partial charge in [0.15, 0.2) is 11.5 Å². The van der Waals surface area contributed by atoms with E-state index in [-0.39, 0.29) is 6.10 Å². The standard InChI is InChI=1S/C18H31N2O5PS2/c1-7-14-20(26(27,22-8-2)23-9-3)28-19(6)18(21)25-17-13-11-10-12-16(17)24-15(4)5/h10-13,15H,7-9,14H2,1-6H3. The quantitative estimate of drug-likeness (QED) is 0.307. The van der Waals surface area contributed by atoms with Crippen molar-refractivity contribution in [1.82, 2.24) is 8.38 Å². The molecule has 10 heteroatoms. The summed E-state index contributed by atoms with van der Waals surface area (Å²) in [6, 6.07) is 7.08. The molecule has 1 aromatic rings. The molecule has 0 aliphatic rings. The molecule has 0 aliphatic carbocycles. The van der Waals surface area contributed by atoms with Crippen LogP contribution < -0.4 is 9.47 Å². The molecule has 0 N–H and O–H groups in total. The summed E-state index contributed by atoms with van der Waals surface area (Å²) in [5.41, 5.74) is 0. The van der Waals surface area contributed by atoms with Crippen molar-refractivity contribution in [1.29, 1.82) is 0 Å².